The molecule has 4 nitrogen and oxygen atoms in total. The number of fused-ring (bicyclic) bond motifs is 1. The second-order valence-corrected chi connectivity index (χ2v) is 4.01. The van der Waals surface area contributed by atoms with Crippen LogP contribution < -0.4 is 11.1 Å². The number of nitrogens with one attached hydrogen (secondary N) is 1. The lowest BCUT2D eigenvalue weighted by Crippen LogP contribution is -2.37. The number of primary amides is 1. The Morgan fingerprint density at radius 3 is 2.56 bits per heavy atom. The summed E-state index contributed by atoms with van der Waals surface area (Å²) in [6.07, 6.45) is 0.667. The maximum absolute atomic E-state index is 11.0. The van der Waals surface area contributed by atoms with Crippen LogP contribution in [0, 0.1) is 0 Å². The summed E-state index contributed by atoms with van der Waals surface area (Å²) in [5.74, 6) is -1.69. The number of hydrogen-bond donors (Lipinski definition) is 2. The van der Waals surface area contributed by atoms with Crippen LogP contribution >= 0.6 is 0 Å². The van der Waals surface area contributed by atoms with Crippen molar-refractivity contribution in [3.63, 3.8) is 0 Å². The molecule has 0 heterocycles. The summed E-state index contributed by atoms with van der Waals surface area (Å²) in [5.41, 5.74) is 5.99. The average molecular weight is 242 g/mol. The first kappa shape index (κ1) is 12.1. The number of carbonyl (C=O) groups is 2. The SMILES string of the molecule is NC(=O)C(=O)NCCc1cccc2ccccc12. The molecule has 18 heavy (non-hydrogen) atoms. The van der Waals surface area contributed by atoms with E-state index >= 15 is 0 Å². The van der Waals surface area contributed by atoms with Crippen LogP contribution in [0.2, 0.25) is 0 Å². The van der Waals surface area contributed by atoms with Crippen LogP contribution in [0.1, 0.15) is 5.56 Å². The Morgan fingerprint density at radius 2 is 1.78 bits per heavy atom. The number of nitrogens with two attached hydrogens (primary N) is 1. The average Bonchev–Trinajstić information content (AvgIpc) is 2.38. The van der Waals surface area contributed by atoms with Gasteiger partial charge < -0.3 is 11.1 Å². The molecule has 0 bridgehead atoms. The number of amides is 2. The Morgan fingerprint density at radius 1 is 1.06 bits per heavy atom. The molecule has 0 unspecified atom stereocenters. The summed E-state index contributed by atoms with van der Waals surface area (Å²) >= 11 is 0. The van der Waals surface area contributed by atoms with Crippen LogP contribution in [-0.4, -0.2) is 18.4 Å². The fourth-order valence-electron chi connectivity index (χ4n) is 1.91. The lowest BCUT2D eigenvalue weighted by molar-refractivity contribution is -0.137. The van der Waals surface area contributed by atoms with Crippen molar-refractivity contribution in [3.05, 3.63) is 48.0 Å². The van der Waals surface area contributed by atoms with E-state index in [1.54, 1.807) is 0 Å². The van der Waals surface area contributed by atoms with E-state index in [0.717, 1.165) is 16.3 Å². The van der Waals surface area contributed by atoms with Gasteiger partial charge in [-0.25, -0.2) is 0 Å². The molecule has 0 fully saturated rings. The van der Waals surface area contributed by atoms with E-state index in [0.29, 0.717) is 13.0 Å². The molecule has 2 aromatic carbocycles. The lowest BCUT2D eigenvalue weighted by atomic mass is 10.0. The molecule has 2 rings (SSSR count). The Balaban J connectivity index is 2.08. The Kier molecular flexibility index (Phi) is 3.57. The third-order valence-corrected chi connectivity index (χ3v) is 2.78. The minimum Gasteiger partial charge on any atom is -0.361 e. The molecule has 2 amide bonds. The van der Waals surface area contributed by atoms with Gasteiger partial charge in [0.2, 0.25) is 0 Å². The number of carbonyl (C=O) groups excluding carboxylic acids is 2. The second kappa shape index (κ2) is 5.31. The van der Waals surface area contributed by atoms with E-state index < -0.39 is 11.8 Å². The summed E-state index contributed by atoms with van der Waals surface area (Å²) in [4.78, 5) is 21.6. The molecule has 92 valence electrons. The fraction of sp³-hybridized carbons (Fsp3) is 0.143. The van der Waals surface area contributed by atoms with Crippen molar-refractivity contribution < 1.29 is 9.59 Å². The highest BCUT2D eigenvalue weighted by Crippen LogP contribution is 2.18. The number of hydrogen-bond acceptors (Lipinski definition) is 2. The predicted molar refractivity (Wildman–Crippen MR) is 69.9 cm³/mol. The zero-order valence-corrected chi connectivity index (χ0v) is 9.85. The van der Waals surface area contributed by atoms with Crippen LogP contribution in [0.4, 0.5) is 0 Å². The molecule has 0 radical (unpaired) electrons. The van der Waals surface area contributed by atoms with Crippen molar-refractivity contribution in [3.8, 4) is 0 Å². The summed E-state index contributed by atoms with van der Waals surface area (Å²) in [7, 11) is 0. The smallest absolute Gasteiger partial charge is 0.309 e. The van der Waals surface area contributed by atoms with Gasteiger partial charge in [-0.1, -0.05) is 42.5 Å². The molecule has 3 N–H and O–H groups in total. The van der Waals surface area contributed by atoms with Crippen LogP contribution in [-0.2, 0) is 16.0 Å². The van der Waals surface area contributed by atoms with Crippen molar-refractivity contribution in [1.29, 1.82) is 0 Å². The molecule has 2 aromatic rings. The van der Waals surface area contributed by atoms with Gasteiger partial charge in [-0.3, -0.25) is 9.59 Å². The largest absolute Gasteiger partial charge is 0.361 e. The van der Waals surface area contributed by atoms with Crippen molar-refractivity contribution in [2.75, 3.05) is 6.54 Å². The highest BCUT2D eigenvalue weighted by Gasteiger charge is 2.07. The normalized spacial score (nSPS) is 10.2. The molecule has 0 atom stereocenters. The topological polar surface area (TPSA) is 72.2 Å². The first-order valence-electron chi connectivity index (χ1n) is 5.73. The third kappa shape index (κ3) is 2.66. The van der Waals surface area contributed by atoms with Crippen molar-refractivity contribution in [2.24, 2.45) is 5.73 Å². The van der Waals surface area contributed by atoms with Crippen LogP contribution in [0.25, 0.3) is 10.8 Å². The van der Waals surface area contributed by atoms with Gasteiger partial charge in [0.25, 0.3) is 0 Å². The summed E-state index contributed by atoms with van der Waals surface area (Å²) in [5, 5.41) is 4.81. The second-order valence-electron chi connectivity index (χ2n) is 4.01. The van der Waals surface area contributed by atoms with E-state index in [-0.39, 0.29) is 0 Å². The maximum Gasteiger partial charge on any atom is 0.309 e. The Bertz CT molecular complexity index is 588. The van der Waals surface area contributed by atoms with Gasteiger partial charge in [0, 0.05) is 6.54 Å². The number of rotatable bonds is 3. The summed E-state index contributed by atoms with van der Waals surface area (Å²) in [6, 6.07) is 14.1. The Hall–Kier alpha value is -2.36. The van der Waals surface area contributed by atoms with E-state index in [1.807, 2.05) is 42.5 Å². The lowest BCUT2D eigenvalue weighted by Gasteiger charge is -2.07. The standard InChI is InChI=1S/C14H14N2O2/c15-13(17)14(18)16-9-8-11-6-3-5-10-4-1-2-7-12(10)11/h1-7H,8-9H2,(H2,15,17)(H,16,18). The zero-order valence-electron chi connectivity index (χ0n) is 9.85. The molecule has 4 heteroatoms. The molecule has 0 aliphatic rings. The van der Waals surface area contributed by atoms with Crippen LogP contribution in [0.15, 0.2) is 42.5 Å². The van der Waals surface area contributed by atoms with Gasteiger partial charge in [0.15, 0.2) is 0 Å². The van der Waals surface area contributed by atoms with E-state index in [2.05, 4.69) is 5.32 Å². The van der Waals surface area contributed by atoms with Crippen LogP contribution in [0.5, 0.6) is 0 Å². The first-order valence-corrected chi connectivity index (χ1v) is 5.73. The Labute approximate surface area is 105 Å². The molecule has 0 saturated carbocycles. The van der Waals surface area contributed by atoms with E-state index in [4.69, 9.17) is 5.73 Å². The maximum atomic E-state index is 11.0. The molecular weight excluding hydrogens is 228 g/mol. The monoisotopic (exact) mass is 242 g/mol. The van der Waals surface area contributed by atoms with Crippen LogP contribution in [0.3, 0.4) is 0 Å². The van der Waals surface area contributed by atoms with E-state index in [9.17, 15) is 9.59 Å². The highest BCUT2D eigenvalue weighted by atomic mass is 16.2. The molecule has 0 aromatic heterocycles. The van der Waals surface area contributed by atoms with Crippen molar-refractivity contribution in [1.82, 2.24) is 5.32 Å². The molecule has 0 aliphatic carbocycles. The van der Waals surface area contributed by atoms with Gasteiger partial charge in [0.05, 0.1) is 0 Å². The minimum absolute atomic E-state index is 0.399. The molecule has 0 saturated heterocycles. The zero-order chi connectivity index (χ0) is 13.0. The number of benzene rings is 2. The third-order valence-electron chi connectivity index (χ3n) is 2.78. The van der Waals surface area contributed by atoms with Crippen molar-refractivity contribution >= 4 is 22.6 Å². The minimum atomic E-state index is -0.951. The van der Waals surface area contributed by atoms with E-state index in [1.165, 1.54) is 0 Å². The predicted octanol–water partition coefficient (Wildman–Crippen LogP) is 0.984. The summed E-state index contributed by atoms with van der Waals surface area (Å²) in [6.45, 7) is 0.399. The quantitative estimate of drug-likeness (QED) is 0.788. The van der Waals surface area contributed by atoms with Gasteiger partial charge in [-0.15, -0.1) is 0 Å². The molecular formula is C14H14N2O2. The van der Waals surface area contributed by atoms with Gasteiger partial charge in [-0.05, 0) is 22.8 Å². The first-order chi connectivity index (χ1) is 8.68. The molecule has 0 aliphatic heterocycles. The van der Waals surface area contributed by atoms with Gasteiger partial charge in [0.1, 0.15) is 0 Å². The van der Waals surface area contributed by atoms with Gasteiger partial charge >= 0.3 is 11.8 Å². The summed E-state index contributed by atoms with van der Waals surface area (Å²) < 4.78 is 0. The fourth-order valence-corrected chi connectivity index (χ4v) is 1.91. The highest BCUT2D eigenvalue weighted by molar-refractivity contribution is 6.34. The van der Waals surface area contributed by atoms with Crippen molar-refractivity contribution in [2.45, 2.75) is 6.42 Å². The molecule has 0 spiro atoms. The van der Waals surface area contributed by atoms with Gasteiger partial charge in [-0.2, -0.15) is 0 Å².